The van der Waals surface area contributed by atoms with Crippen molar-refractivity contribution >= 4 is 24.3 Å². The molecule has 1 fully saturated rings. The van der Waals surface area contributed by atoms with Gasteiger partial charge in [0.1, 0.15) is 35.3 Å². The monoisotopic (exact) mass is 578 g/mol. The second-order valence-corrected chi connectivity index (χ2v) is 10.8. The summed E-state index contributed by atoms with van der Waals surface area (Å²) in [4.78, 5) is 36.9. The topological polar surface area (TPSA) is 81.1 Å². The van der Waals surface area contributed by atoms with E-state index in [1.165, 1.54) is 30.3 Å². The number of nitrogens with one attached hydrogen (secondary N) is 1. The van der Waals surface area contributed by atoms with E-state index in [0.717, 1.165) is 24.4 Å². The molecule has 8 nitrogen and oxygen atoms in total. The van der Waals surface area contributed by atoms with Gasteiger partial charge >= 0.3 is 0 Å². The number of pyridine rings is 1. The van der Waals surface area contributed by atoms with E-state index in [1.807, 2.05) is 26.2 Å². The summed E-state index contributed by atoms with van der Waals surface area (Å²) in [5.41, 5.74) is 2.10. The normalized spacial score (nSPS) is 19.4. The molecular formula is C32H40F2N6O2. The maximum atomic E-state index is 15.7. The van der Waals surface area contributed by atoms with Crippen molar-refractivity contribution in [3.8, 4) is 11.3 Å². The molecule has 1 saturated heterocycles. The van der Waals surface area contributed by atoms with Crippen LogP contribution in [0.2, 0.25) is 0 Å². The SMILES string of the molecule is C=CC=O.CC1=C(N=C(c2cc(F)c(-c3ccccc3F)nc2NC=O)N2CCN(C)CC2C)C(C(C)C)N(C)C=C1. The van der Waals surface area contributed by atoms with E-state index in [-0.39, 0.29) is 35.1 Å². The first kappa shape index (κ1) is 32.3. The number of amides is 1. The van der Waals surface area contributed by atoms with Gasteiger partial charge in [-0.05, 0) is 68.9 Å². The molecule has 2 aromatic rings. The summed E-state index contributed by atoms with van der Waals surface area (Å²) in [6, 6.07) is 7.27. The largest absolute Gasteiger partial charge is 0.372 e. The number of benzene rings is 1. The standard InChI is InChI=1S/C29H36F2N6O.C3H4O/c1-18(2)27-25(19(3)11-12-36(27)6)34-29(37-14-13-35(5)16-20(37)4)22-15-24(31)26(33-28(22)32-17-38)21-9-7-8-10-23(21)30;1-2-3-4/h7-12,15,17-18,20,27H,13-14,16H2,1-6H3,(H,32,33,38);2-3H,1H2. The summed E-state index contributed by atoms with van der Waals surface area (Å²) in [5.74, 6) is -0.366. The number of carbonyl (C=O) groups excluding carboxylic acids is 2. The lowest BCUT2D eigenvalue weighted by atomic mass is 9.94. The van der Waals surface area contributed by atoms with Gasteiger partial charge in [-0.2, -0.15) is 0 Å². The van der Waals surface area contributed by atoms with Crippen LogP contribution >= 0.6 is 0 Å². The van der Waals surface area contributed by atoms with Crippen LogP contribution in [0, 0.1) is 17.6 Å². The Morgan fingerprint density at radius 2 is 1.86 bits per heavy atom. The molecule has 1 aromatic carbocycles. The summed E-state index contributed by atoms with van der Waals surface area (Å²) < 4.78 is 30.3. The Kier molecular flexibility index (Phi) is 11.3. The van der Waals surface area contributed by atoms with Crippen LogP contribution in [0.25, 0.3) is 11.3 Å². The Bertz CT molecular complexity index is 1380. The van der Waals surface area contributed by atoms with E-state index < -0.39 is 11.6 Å². The zero-order chi connectivity index (χ0) is 31.0. The molecular weight excluding hydrogens is 538 g/mol. The maximum Gasteiger partial charge on any atom is 0.212 e. The van der Waals surface area contributed by atoms with Gasteiger partial charge in [0.05, 0.1) is 17.3 Å². The predicted octanol–water partition coefficient (Wildman–Crippen LogP) is 5.11. The number of aliphatic imine (C=N–C) groups is 1. The molecule has 1 N–H and O–H groups in total. The first-order valence-corrected chi connectivity index (χ1v) is 13.9. The molecule has 0 radical (unpaired) electrons. The fraction of sp³-hybridized carbons (Fsp3) is 0.375. The molecule has 2 aliphatic heterocycles. The number of likely N-dealkylation sites (N-methyl/N-ethyl adjacent to an activating group) is 2. The molecule has 2 aliphatic rings. The zero-order valence-corrected chi connectivity index (χ0v) is 25.1. The van der Waals surface area contributed by atoms with Gasteiger partial charge in [-0.15, -0.1) is 0 Å². The summed E-state index contributed by atoms with van der Waals surface area (Å²) >= 11 is 0. The lowest BCUT2D eigenvalue weighted by molar-refractivity contribution is -0.105. The molecule has 0 spiro atoms. The molecule has 4 rings (SSSR count). The van der Waals surface area contributed by atoms with E-state index in [0.29, 0.717) is 30.6 Å². The van der Waals surface area contributed by atoms with Crippen molar-refractivity contribution in [3.63, 3.8) is 0 Å². The minimum atomic E-state index is -0.692. The number of anilines is 1. The Labute approximate surface area is 247 Å². The number of rotatable bonds is 7. The Morgan fingerprint density at radius 1 is 1.17 bits per heavy atom. The van der Waals surface area contributed by atoms with Crippen molar-refractivity contribution in [2.75, 3.05) is 39.0 Å². The van der Waals surface area contributed by atoms with Gasteiger partial charge in [0.2, 0.25) is 6.41 Å². The second kappa shape index (κ2) is 14.6. The maximum absolute atomic E-state index is 15.7. The molecule has 2 atom stereocenters. The van der Waals surface area contributed by atoms with Crippen LogP contribution in [0.4, 0.5) is 14.6 Å². The molecule has 224 valence electrons. The van der Waals surface area contributed by atoms with Crippen molar-refractivity contribution in [2.24, 2.45) is 10.9 Å². The lowest BCUT2D eigenvalue weighted by Crippen LogP contribution is -2.53. The van der Waals surface area contributed by atoms with Gasteiger partial charge in [0.15, 0.2) is 0 Å². The third-order valence-electron chi connectivity index (χ3n) is 7.28. The average Bonchev–Trinajstić information content (AvgIpc) is 2.95. The number of aldehydes is 1. The summed E-state index contributed by atoms with van der Waals surface area (Å²) in [5, 5.41) is 2.63. The van der Waals surface area contributed by atoms with Crippen LogP contribution in [0.5, 0.6) is 0 Å². The minimum Gasteiger partial charge on any atom is -0.372 e. The number of hydrogen-bond donors (Lipinski definition) is 1. The Balaban J connectivity index is 0.00000114. The first-order valence-electron chi connectivity index (χ1n) is 13.9. The van der Waals surface area contributed by atoms with Crippen molar-refractivity contribution in [1.29, 1.82) is 0 Å². The van der Waals surface area contributed by atoms with E-state index in [4.69, 9.17) is 9.79 Å². The quantitative estimate of drug-likeness (QED) is 0.213. The van der Waals surface area contributed by atoms with Gasteiger partial charge in [0.25, 0.3) is 0 Å². The highest BCUT2D eigenvalue weighted by Gasteiger charge is 2.32. The average molecular weight is 579 g/mol. The molecule has 0 bridgehead atoms. The second-order valence-electron chi connectivity index (χ2n) is 10.8. The molecule has 42 heavy (non-hydrogen) atoms. The van der Waals surface area contributed by atoms with Crippen LogP contribution in [0.3, 0.4) is 0 Å². The fourth-order valence-electron chi connectivity index (χ4n) is 5.29. The summed E-state index contributed by atoms with van der Waals surface area (Å²) in [6.07, 6.45) is 6.40. The summed E-state index contributed by atoms with van der Waals surface area (Å²) in [7, 11) is 4.09. The lowest BCUT2D eigenvalue weighted by Gasteiger charge is -2.41. The van der Waals surface area contributed by atoms with E-state index in [2.05, 4.69) is 59.4 Å². The molecule has 1 aromatic heterocycles. The van der Waals surface area contributed by atoms with Crippen LogP contribution < -0.4 is 5.32 Å². The molecule has 1 amide bonds. The number of amidine groups is 1. The predicted molar refractivity (Wildman–Crippen MR) is 164 cm³/mol. The highest BCUT2D eigenvalue weighted by Crippen LogP contribution is 2.32. The van der Waals surface area contributed by atoms with Gasteiger partial charge in [0, 0.05) is 38.3 Å². The first-order chi connectivity index (χ1) is 20.0. The Morgan fingerprint density at radius 3 is 2.45 bits per heavy atom. The third-order valence-corrected chi connectivity index (χ3v) is 7.28. The zero-order valence-electron chi connectivity index (χ0n) is 25.1. The van der Waals surface area contributed by atoms with Crippen LogP contribution in [0.15, 0.2) is 71.5 Å². The van der Waals surface area contributed by atoms with Gasteiger partial charge in [-0.25, -0.2) is 18.8 Å². The van der Waals surface area contributed by atoms with Crippen molar-refractivity contribution in [2.45, 2.75) is 39.8 Å². The van der Waals surface area contributed by atoms with Crippen LogP contribution in [0.1, 0.15) is 33.3 Å². The van der Waals surface area contributed by atoms with Crippen molar-refractivity contribution < 1.29 is 18.4 Å². The van der Waals surface area contributed by atoms with Gasteiger partial charge < -0.3 is 20.0 Å². The molecule has 3 heterocycles. The highest BCUT2D eigenvalue weighted by molar-refractivity contribution is 6.05. The minimum absolute atomic E-state index is 0.00995. The van der Waals surface area contributed by atoms with E-state index in [1.54, 1.807) is 6.07 Å². The van der Waals surface area contributed by atoms with Crippen molar-refractivity contribution in [1.82, 2.24) is 19.7 Å². The number of carbonyl (C=O) groups is 2. The van der Waals surface area contributed by atoms with E-state index >= 15 is 4.39 Å². The fourth-order valence-corrected chi connectivity index (χ4v) is 5.29. The van der Waals surface area contributed by atoms with Crippen LogP contribution in [-0.4, -0.2) is 84.0 Å². The molecule has 0 aliphatic carbocycles. The summed E-state index contributed by atoms with van der Waals surface area (Å²) in [6.45, 7) is 13.8. The van der Waals surface area contributed by atoms with Crippen molar-refractivity contribution in [3.05, 3.63) is 83.7 Å². The third kappa shape index (κ3) is 7.36. The number of nitrogens with zero attached hydrogens (tertiary/aromatic N) is 5. The molecule has 2 unspecified atom stereocenters. The molecule has 10 heteroatoms. The smallest absolute Gasteiger partial charge is 0.212 e. The number of halogens is 2. The number of piperazine rings is 1. The van der Waals surface area contributed by atoms with Crippen LogP contribution in [-0.2, 0) is 9.59 Å². The number of hydrogen-bond acceptors (Lipinski definition) is 6. The molecule has 0 saturated carbocycles. The van der Waals surface area contributed by atoms with Gasteiger partial charge in [-0.3, -0.25) is 9.59 Å². The number of allylic oxidation sites excluding steroid dienone is 3. The highest BCUT2D eigenvalue weighted by atomic mass is 19.1. The Hall–Kier alpha value is -4.18. The van der Waals surface area contributed by atoms with Gasteiger partial charge in [-0.1, -0.05) is 32.6 Å². The van der Waals surface area contributed by atoms with E-state index in [9.17, 15) is 9.18 Å². The number of aromatic nitrogens is 1.